The van der Waals surface area contributed by atoms with Crippen molar-refractivity contribution in [3.8, 4) is 11.8 Å². The molecule has 0 aliphatic carbocycles. The summed E-state index contributed by atoms with van der Waals surface area (Å²) in [6.45, 7) is 6.87. The van der Waals surface area contributed by atoms with Crippen LogP contribution in [0.4, 0.5) is 5.69 Å². The summed E-state index contributed by atoms with van der Waals surface area (Å²) in [5.74, 6) is 0.801. The molecule has 0 saturated carbocycles. The van der Waals surface area contributed by atoms with E-state index in [9.17, 15) is 0 Å². The second kappa shape index (κ2) is 7.01. The predicted molar refractivity (Wildman–Crippen MR) is 78.3 cm³/mol. The van der Waals surface area contributed by atoms with Crippen molar-refractivity contribution in [3.63, 3.8) is 0 Å². The first-order chi connectivity index (χ1) is 9.02. The summed E-state index contributed by atoms with van der Waals surface area (Å²) < 4.78 is 5.41. The molecule has 19 heavy (non-hydrogen) atoms. The molecule has 1 aromatic rings. The van der Waals surface area contributed by atoms with Gasteiger partial charge in [-0.1, -0.05) is 6.07 Å². The fourth-order valence-electron chi connectivity index (χ4n) is 2.25. The van der Waals surface area contributed by atoms with E-state index >= 15 is 0 Å². The topological polar surface area (TPSA) is 62.3 Å². The summed E-state index contributed by atoms with van der Waals surface area (Å²) in [5.41, 5.74) is 8.14. The monoisotopic (exact) mass is 261 g/mol. The van der Waals surface area contributed by atoms with Crippen molar-refractivity contribution in [2.24, 2.45) is 5.73 Å². The minimum absolute atomic E-state index is 0.116. The van der Waals surface area contributed by atoms with Crippen molar-refractivity contribution in [1.29, 1.82) is 5.26 Å². The Bertz CT molecular complexity index is 449. The first-order valence-corrected chi connectivity index (χ1v) is 6.59. The molecule has 4 heteroatoms. The molecule has 0 bridgehead atoms. The van der Waals surface area contributed by atoms with E-state index in [1.165, 1.54) is 0 Å². The molecule has 0 heterocycles. The average Bonchev–Trinajstić information content (AvgIpc) is 2.38. The summed E-state index contributed by atoms with van der Waals surface area (Å²) in [7, 11) is 1.65. The number of nitriles is 1. The van der Waals surface area contributed by atoms with E-state index in [-0.39, 0.29) is 6.04 Å². The Morgan fingerprint density at radius 3 is 2.53 bits per heavy atom. The van der Waals surface area contributed by atoms with Gasteiger partial charge in [-0.25, -0.2) is 0 Å². The Labute approximate surface area is 115 Å². The molecule has 104 valence electrons. The number of rotatable bonds is 6. The standard InChI is InChI=1S/C15H23N3O/c1-11(2)18(10-6-9-16)13-7-5-8-14(19-4)15(13)12(3)17/h5,7-8,11-12H,6,10,17H2,1-4H3/t12-/m0/s1. The highest BCUT2D eigenvalue weighted by molar-refractivity contribution is 5.61. The van der Waals surface area contributed by atoms with Crippen LogP contribution in [0.1, 0.15) is 38.8 Å². The lowest BCUT2D eigenvalue weighted by Crippen LogP contribution is -2.33. The van der Waals surface area contributed by atoms with Crippen LogP contribution in [0.15, 0.2) is 18.2 Å². The molecule has 0 aliphatic rings. The van der Waals surface area contributed by atoms with Gasteiger partial charge in [-0.15, -0.1) is 0 Å². The third kappa shape index (κ3) is 3.62. The second-order valence-corrected chi connectivity index (χ2v) is 4.88. The van der Waals surface area contributed by atoms with E-state index in [0.717, 1.165) is 17.0 Å². The third-order valence-electron chi connectivity index (χ3n) is 3.12. The molecule has 0 radical (unpaired) electrons. The van der Waals surface area contributed by atoms with E-state index < -0.39 is 0 Å². The molecule has 0 aliphatic heterocycles. The molecule has 1 aromatic carbocycles. The maximum atomic E-state index is 8.80. The fourth-order valence-corrected chi connectivity index (χ4v) is 2.25. The normalized spacial score (nSPS) is 12.1. The van der Waals surface area contributed by atoms with Gasteiger partial charge in [0.05, 0.1) is 19.6 Å². The van der Waals surface area contributed by atoms with Gasteiger partial charge in [0.2, 0.25) is 0 Å². The van der Waals surface area contributed by atoms with E-state index in [2.05, 4.69) is 24.8 Å². The number of hydrogen-bond donors (Lipinski definition) is 1. The number of hydrogen-bond acceptors (Lipinski definition) is 4. The lowest BCUT2D eigenvalue weighted by atomic mass is 10.0. The number of anilines is 1. The quantitative estimate of drug-likeness (QED) is 0.855. The lowest BCUT2D eigenvalue weighted by molar-refractivity contribution is 0.406. The molecule has 0 spiro atoms. The van der Waals surface area contributed by atoms with Crippen molar-refractivity contribution >= 4 is 5.69 Å². The largest absolute Gasteiger partial charge is 0.496 e. The zero-order valence-corrected chi connectivity index (χ0v) is 12.2. The van der Waals surface area contributed by atoms with Crippen molar-refractivity contribution < 1.29 is 4.74 Å². The van der Waals surface area contributed by atoms with Crippen LogP contribution in [-0.2, 0) is 0 Å². The van der Waals surface area contributed by atoms with Gasteiger partial charge in [-0.2, -0.15) is 5.26 Å². The van der Waals surface area contributed by atoms with Crippen LogP contribution < -0.4 is 15.4 Å². The summed E-state index contributed by atoms with van der Waals surface area (Å²) in [4.78, 5) is 2.20. The van der Waals surface area contributed by atoms with E-state index in [4.69, 9.17) is 15.7 Å². The number of methoxy groups -OCH3 is 1. The third-order valence-corrected chi connectivity index (χ3v) is 3.12. The summed E-state index contributed by atoms with van der Waals surface area (Å²) in [6.07, 6.45) is 0.494. The van der Waals surface area contributed by atoms with Crippen LogP contribution in [0.3, 0.4) is 0 Å². The molecule has 0 aromatic heterocycles. The Hall–Kier alpha value is -1.73. The van der Waals surface area contributed by atoms with Crippen molar-refractivity contribution in [2.75, 3.05) is 18.6 Å². The van der Waals surface area contributed by atoms with Crippen LogP contribution in [0.25, 0.3) is 0 Å². The highest BCUT2D eigenvalue weighted by Gasteiger charge is 2.19. The molecule has 0 unspecified atom stereocenters. The number of nitrogens with zero attached hydrogens (tertiary/aromatic N) is 2. The fraction of sp³-hybridized carbons (Fsp3) is 0.533. The van der Waals surface area contributed by atoms with Gasteiger partial charge in [0.1, 0.15) is 5.75 Å². The van der Waals surface area contributed by atoms with Gasteiger partial charge in [0.15, 0.2) is 0 Å². The second-order valence-electron chi connectivity index (χ2n) is 4.88. The van der Waals surface area contributed by atoms with Crippen LogP contribution in [0.2, 0.25) is 0 Å². The van der Waals surface area contributed by atoms with Crippen LogP contribution in [0, 0.1) is 11.3 Å². The van der Waals surface area contributed by atoms with Crippen LogP contribution in [0.5, 0.6) is 5.75 Å². The zero-order valence-electron chi connectivity index (χ0n) is 12.2. The van der Waals surface area contributed by atoms with Gasteiger partial charge < -0.3 is 15.4 Å². The number of nitrogens with two attached hydrogens (primary N) is 1. The average molecular weight is 261 g/mol. The molecule has 0 fully saturated rings. The Balaban J connectivity index is 3.25. The Kier molecular flexibility index (Phi) is 5.65. The van der Waals surface area contributed by atoms with Gasteiger partial charge >= 0.3 is 0 Å². The highest BCUT2D eigenvalue weighted by Crippen LogP contribution is 2.34. The maximum absolute atomic E-state index is 8.80. The molecule has 0 amide bonds. The molecule has 1 rings (SSSR count). The predicted octanol–water partition coefficient (Wildman–Crippen LogP) is 2.84. The molecular formula is C15H23N3O. The maximum Gasteiger partial charge on any atom is 0.125 e. The molecule has 2 N–H and O–H groups in total. The summed E-state index contributed by atoms with van der Waals surface area (Å²) >= 11 is 0. The molecule has 4 nitrogen and oxygen atoms in total. The number of ether oxygens (including phenoxy) is 1. The molecule has 0 saturated heterocycles. The smallest absolute Gasteiger partial charge is 0.125 e. The summed E-state index contributed by atoms with van der Waals surface area (Å²) in [5, 5.41) is 8.80. The van der Waals surface area contributed by atoms with Crippen molar-refractivity contribution in [2.45, 2.75) is 39.3 Å². The SMILES string of the molecule is COc1cccc(N(CCC#N)C(C)C)c1[C@H](C)N. The van der Waals surface area contributed by atoms with E-state index in [1.807, 2.05) is 25.1 Å². The van der Waals surface area contributed by atoms with E-state index in [1.54, 1.807) is 7.11 Å². The minimum atomic E-state index is -0.116. The van der Waals surface area contributed by atoms with Crippen LogP contribution >= 0.6 is 0 Å². The first kappa shape index (κ1) is 15.3. The van der Waals surface area contributed by atoms with Crippen molar-refractivity contribution in [1.82, 2.24) is 0 Å². The molecule has 1 atom stereocenters. The lowest BCUT2D eigenvalue weighted by Gasteiger charge is -2.31. The highest BCUT2D eigenvalue weighted by atomic mass is 16.5. The Morgan fingerprint density at radius 1 is 1.37 bits per heavy atom. The van der Waals surface area contributed by atoms with Gasteiger partial charge in [0.25, 0.3) is 0 Å². The van der Waals surface area contributed by atoms with E-state index in [0.29, 0.717) is 19.0 Å². The Morgan fingerprint density at radius 2 is 2.05 bits per heavy atom. The molecular weight excluding hydrogens is 238 g/mol. The first-order valence-electron chi connectivity index (χ1n) is 6.59. The van der Waals surface area contributed by atoms with Crippen molar-refractivity contribution in [3.05, 3.63) is 23.8 Å². The van der Waals surface area contributed by atoms with Gasteiger partial charge in [0, 0.05) is 29.9 Å². The summed E-state index contributed by atoms with van der Waals surface area (Å²) in [6, 6.07) is 8.31. The zero-order chi connectivity index (χ0) is 14.4. The van der Waals surface area contributed by atoms with Gasteiger partial charge in [-0.05, 0) is 32.9 Å². The minimum Gasteiger partial charge on any atom is -0.496 e. The van der Waals surface area contributed by atoms with Crippen LogP contribution in [-0.4, -0.2) is 19.7 Å². The number of benzene rings is 1. The van der Waals surface area contributed by atoms with Gasteiger partial charge in [-0.3, -0.25) is 0 Å².